The van der Waals surface area contributed by atoms with E-state index < -0.39 is 8.87 Å². The summed E-state index contributed by atoms with van der Waals surface area (Å²) in [5.41, 5.74) is 0. The molecule has 3 nitrogen and oxygen atoms in total. The first-order valence-corrected chi connectivity index (χ1v) is 5.93. The van der Waals surface area contributed by atoms with Crippen molar-refractivity contribution in [3.63, 3.8) is 0 Å². The Kier molecular flexibility index (Phi) is 2.03. The lowest BCUT2D eigenvalue weighted by Crippen LogP contribution is -1.95. The fourth-order valence-corrected chi connectivity index (χ4v) is 2.15. The summed E-state index contributed by atoms with van der Waals surface area (Å²) in [7, 11) is -1.89. The average molecular weight is 168 g/mol. The maximum atomic E-state index is 10.5. The third kappa shape index (κ3) is 3.77. The van der Waals surface area contributed by atoms with Crippen molar-refractivity contribution in [1.82, 2.24) is 0 Å². The average Bonchev–Trinajstić information content (AvgIpc) is 2.38. The molecule has 5 heteroatoms. The molecule has 1 heterocycles. The molecule has 0 amide bonds. The van der Waals surface area contributed by atoms with Crippen LogP contribution in [-0.2, 0) is 13.6 Å². The van der Waals surface area contributed by atoms with Crippen LogP contribution in [0.4, 0.5) is 0 Å². The first-order chi connectivity index (χ1) is 4.08. The third-order valence-electron chi connectivity index (χ3n) is 0.870. The minimum absolute atomic E-state index is 0.199. The van der Waals surface area contributed by atoms with Crippen LogP contribution in [-0.4, -0.2) is 33.1 Å². The summed E-state index contributed by atoms with van der Waals surface area (Å²) in [6.45, 7) is 0.725. The molecule has 0 saturated carbocycles. The van der Waals surface area contributed by atoms with E-state index in [1.165, 1.54) is 6.26 Å². The zero-order valence-electron chi connectivity index (χ0n) is 5.03. The standard InChI is InChI=1S/C4H8O3S2/c1-9(5,6)8-3-4-2-7-4/h4H,2-3H2,1H3. The SMILES string of the molecule is CS(=O)(=O)SCC1CO1. The minimum atomic E-state index is -2.84. The van der Waals surface area contributed by atoms with Crippen LogP contribution in [0, 0.1) is 0 Å². The molecule has 54 valence electrons. The normalized spacial score (nSPS) is 26.1. The highest BCUT2D eigenvalue weighted by atomic mass is 33.1. The minimum Gasteiger partial charge on any atom is -0.372 e. The fourth-order valence-electron chi connectivity index (χ4n) is 0.364. The van der Waals surface area contributed by atoms with Gasteiger partial charge in [0.25, 0.3) is 0 Å². The number of ether oxygens (including phenoxy) is 1. The second-order valence-corrected chi connectivity index (χ2v) is 6.44. The van der Waals surface area contributed by atoms with E-state index in [1.807, 2.05) is 0 Å². The molecule has 0 bridgehead atoms. The predicted molar refractivity (Wildman–Crippen MR) is 37.0 cm³/mol. The van der Waals surface area contributed by atoms with Crippen LogP contribution in [0.2, 0.25) is 0 Å². The Hall–Kier alpha value is 0.260. The molecule has 1 saturated heterocycles. The summed E-state index contributed by atoms with van der Waals surface area (Å²) in [6.07, 6.45) is 1.41. The van der Waals surface area contributed by atoms with Gasteiger partial charge < -0.3 is 4.74 Å². The Morgan fingerprint density at radius 3 is 2.67 bits per heavy atom. The van der Waals surface area contributed by atoms with Crippen molar-refractivity contribution in [2.45, 2.75) is 6.10 Å². The highest BCUT2D eigenvalue weighted by molar-refractivity contribution is 8.71. The number of rotatable bonds is 3. The van der Waals surface area contributed by atoms with Gasteiger partial charge in [-0.15, -0.1) is 0 Å². The van der Waals surface area contributed by atoms with E-state index in [0.717, 1.165) is 17.4 Å². The summed E-state index contributed by atoms with van der Waals surface area (Å²) in [5.74, 6) is 0.582. The molecule has 1 atom stereocenters. The maximum absolute atomic E-state index is 10.5. The van der Waals surface area contributed by atoms with Gasteiger partial charge in [0.05, 0.1) is 12.7 Å². The molecular weight excluding hydrogens is 160 g/mol. The Morgan fingerprint density at radius 1 is 1.78 bits per heavy atom. The zero-order valence-corrected chi connectivity index (χ0v) is 6.67. The van der Waals surface area contributed by atoms with E-state index in [-0.39, 0.29) is 6.10 Å². The molecule has 0 aromatic heterocycles. The van der Waals surface area contributed by atoms with E-state index >= 15 is 0 Å². The molecule has 0 spiro atoms. The molecule has 1 fully saturated rings. The summed E-state index contributed by atoms with van der Waals surface area (Å²) in [6, 6.07) is 0. The molecule has 0 aromatic carbocycles. The van der Waals surface area contributed by atoms with Gasteiger partial charge in [-0.3, -0.25) is 0 Å². The van der Waals surface area contributed by atoms with Crippen LogP contribution in [0.5, 0.6) is 0 Å². The number of hydrogen-bond donors (Lipinski definition) is 0. The Labute approximate surface area is 58.1 Å². The summed E-state index contributed by atoms with van der Waals surface area (Å²) in [5, 5.41) is 0. The molecule has 9 heavy (non-hydrogen) atoms. The van der Waals surface area contributed by atoms with Crippen molar-refractivity contribution in [2.24, 2.45) is 0 Å². The highest BCUT2D eigenvalue weighted by Crippen LogP contribution is 2.19. The van der Waals surface area contributed by atoms with Crippen molar-refractivity contribution in [2.75, 3.05) is 18.6 Å². The van der Waals surface area contributed by atoms with Crippen LogP contribution in [0.15, 0.2) is 0 Å². The summed E-state index contributed by atoms with van der Waals surface area (Å²) >= 11 is 0. The van der Waals surface area contributed by atoms with Crippen LogP contribution < -0.4 is 0 Å². The Morgan fingerprint density at radius 2 is 2.33 bits per heavy atom. The molecule has 0 aliphatic carbocycles. The van der Waals surface area contributed by atoms with E-state index in [1.54, 1.807) is 0 Å². The fraction of sp³-hybridized carbons (Fsp3) is 1.00. The second-order valence-electron chi connectivity index (χ2n) is 1.94. The van der Waals surface area contributed by atoms with Crippen molar-refractivity contribution in [1.29, 1.82) is 0 Å². The lowest BCUT2D eigenvalue weighted by molar-refractivity contribution is 0.426. The maximum Gasteiger partial charge on any atom is 0.198 e. The van der Waals surface area contributed by atoms with Crippen molar-refractivity contribution >= 4 is 19.7 Å². The monoisotopic (exact) mass is 168 g/mol. The van der Waals surface area contributed by atoms with E-state index in [2.05, 4.69) is 0 Å². The summed E-state index contributed by atoms with van der Waals surface area (Å²) < 4.78 is 25.8. The van der Waals surface area contributed by atoms with Crippen molar-refractivity contribution in [3.05, 3.63) is 0 Å². The lowest BCUT2D eigenvalue weighted by Gasteiger charge is -1.90. The first-order valence-electron chi connectivity index (χ1n) is 2.54. The molecule has 1 unspecified atom stereocenters. The largest absolute Gasteiger partial charge is 0.372 e. The highest BCUT2D eigenvalue weighted by Gasteiger charge is 2.23. The van der Waals surface area contributed by atoms with Crippen molar-refractivity contribution < 1.29 is 13.2 Å². The smallest absolute Gasteiger partial charge is 0.198 e. The van der Waals surface area contributed by atoms with Crippen LogP contribution >= 0.6 is 10.8 Å². The zero-order chi connectivity index (χ0) is 6.91. The molecule has 1 aliphatic rings. The first kappa shape index (κ1) is 7.37. The van der Waals surface area contributed by atoms with Crippen LogP contribution in [0.25, 0.3) is 0 Å². The van der Waals surface area contributed by atoms with E-state index in [9.17, 15) is 8.42 Å². The van der Waals surface area contributed by atoms with Gasteiger partial charge in [0.2, 0.25) is 0 Å². The van der Waals surface area contributed by atoms with Gasteiger partial charge in [-0.1, -0.05) is 0 Å². The quantitative estimate of drug-likeness (QED) is 0.442. The predicted octanol–water partition coefficient (Wildman–Crippen LogP) is 0.0780. The molecule has 0 radical (unpaired) electrons. The Balaban J connectivity index is 2.18. The van der Waals surface area contributed by atoms with E-state index in [4.69, 9.17) is 4.74 Å². The molecule has 0 N–H and O–H groups in total. The van der Waals surface area contributed by atoms with Gasteiger partial charge >= 0.3 is 0 Å². The lowest BCUT2D eigenvalue weighted by atomic mass is 10.6. The number of hydrogen-bond acceptors (Lipinski definition) is 4. The van der Waals surface area contributed by atoms with Gasteiger partial charge in [-0.2, -0.15) is 0 Å². The number of epoxide rings is 1. The van der Waals surface area contributed by atoms with Crippen LogP contribution in [0.1, 0.15) is 0 Å². The molecular formula is C4H8O3S2. The van der Waals surface area contributed by atoms with Crippen molar-refractivity contribution in [3.8, 4) is 0 Å². The third-order valence-corrected chi connectivity index (χ3v) is 3.50. The van der Waals surface area contributed by atoms with Gasteiger partial charge in [0.15, 0.2) is 8.87 Å². The van der Waals surface area contributed by atoms with Crippen LogP contribution in [0.3, 0.4) is 0 Å². The molecule has 1 rings (SSSR count). The van der Waals surface area contributed by atoms with Gasteiger partial charge in [-0.05, 0) is 10.8 Å². The van der Waals surface area contributed by atoms with Gasteiger partial charge in [-0.25, -0.2) is 8.42 Å². The van der Waals surface area contributed by atoms with E-state index in [0.29, 0.717) is 5.75 Å². The Bertz CT molecular complexity index is 180. The van der Waals surface area contributed by atoms with Gasteiger partial charge in [0, 0.05) is 12.0 Å². The molecule has 0 aromatic rings. The molecule has 1 aliphatic heterocycles. The topological polar surface area (TPSA) is 46.7 Å². The second kappa shape index (κ2) is 2.48. The van der Waals surface area contributed by atoms with Gasteiger partial charge in [0.1, 0.15) is 0 Å². The summed E-state index contributed by atoms with van der Waals surface area (Å²) in [4.78, 5) is 0.